The van der Waals surface area contributed by atoms with Crippen LogP contribution in [0.4, 0.5) is 10.1 Å². The standard InChI is InChI=1S/C16H18FNO/c1-3-15(12-6-4-11(2)5-7-12)18-13-8-9-16(19)14(17)10-13/h4-10,15,18-19H,3H2,1-2H3. The van der Waals surface area contributed by atoms with Gasteiger partial charge in [-0.25, -0.2) is 4.39 Å². The lowest BCUT2D eigenvalue weighted by Crippen LogP contribution is -2.09. The summed E-state index contributed by atoms with van der Waals surface area (Å²) in [6.45, 7) is 4.13. The fraction of sp³-hybridized carbons (Fsp3) is 0.250. The number of phenols is 1. The Morgan fingerprint density at radius 3 is 2.42 bits per heavy atom. The summed E-state index contributed by atoms with van der Waals surface area (Å²) < 4.78 is 13.3. The van der Waals surface area contributed by atoms with Crippen molar-refractivity contribution < 1.29 is 9.50 Å². The van der Waals surface area contributed by atoms with Gasteiger partial charge in [-0.2, -0.15) is 0 Å². The highest BCUT2D eigenvalue weighted by Crippen LogP contribution is 2.25. The second-order valence-corrected chi connectivity index (χ2v) is 4.68. The number of rotatable bonds is 4. The van der Waals surface area contributed by atoms with Crippen LogP contribution < -0.4 is 5.32 Å². The lowest BCUT2D eigenvalue weighted by molar-refractivity contribution is 0.432. The molecular formula is C16H18FNO. The van der Waals surface area contributed by atoms with Crippen molar-refractivity contribution in [3.8, 4) is 5.75 Å². The molecule has 2 nitrogen and oxygen atoms in total. The van der Waals surface area contributed by atoms with E-state index in [9.17, 15) is 9.50 Å². The molecule has 0 heterocycles. The fourth-order valence-corrected chi connectivity index (χ4v) is 2.02. The lowest BCUT2D eigenvalue weighted by atomic mass is 10.0. The van der Waals surface area contributed by atoms with E-state index < -0.39 is 5.82 Å². The van der Waals surface area contributed by atoms with Gasteiger partial charge in [0, 0.05) is 11.8 Å². The van der Waals surface area contributed by atoms with Gasteiger partial charge in [0.2, 0.25) is 0 Å². The van der Waals surface area contributed by atoms with E-state index in [0.29, 0.717) is 5.69 Å². The van der Waals surface area contributed by atoms with Crippen molar-refractivity contribution in [2.45, 2.75) is 26.3 Å². The van der Waals surface area contributed by atoms with E-state index in [1.54, 1.807) is 6.07 Å². The number of aryl methyl sites for hydroxylation is 1. The maximum Gasteiger partial charge on any atom is 0.166 e. The molecule has 2 rings (SSSR count). The molecule has 2 aromatic carbocycles. The van der Waals surface area contributed by atoms with Crippen molar-refractivity contribution in [1.29, 1.82) is 0 Å². The molecule has 0 radical (unpaired) electrons. The van der Waals surface area contributed by atoms with Gasteiger partial charge in [0.25, 0.3) is 0 Å². The quantitative estimate of drug-likeness (QED) is 0.797. The Morgan fingerprint density at radius 2 is 1.84 bits per heavy atom. The number of halogens is 1. The Balaban J connectivity index is 2.18. The van der Waals surface area contributed by atoms with Gasteiger partial charge in [-0.05, 0) is 31.0 Å². The first-order valence-electron chi connectivity index (χ1n) is 6.41. The number of hydrogen-bond donors (Lipinski definition) is 2. The van der Waals surface area contributed by atoms with Crippen molar-refractivity contribution in [1.82, 2.24) is 0 Å². The van der Waals surface area contributed by atoms with Crippen LogP contribution in [0.1, 0.15) is 30.5 Å². The van der Waals surface area contributed by atoms with Gasteiger partial charge in [-0.1, -0.05) is 36.8 Å². The summed E-state index contributed by atoms with van der Waals surface area (Å²) in [6.07, 6.45) is 0.894. The third kappa shape index (κ3) is 3.25. The summed E-state index contributed by atoms with van der Waals surface area (Å²) in [5, 5.41) is 12.5. The monoisotopic (exact) mass is 259 g/mol. The van der Waals surface area contributed by atoms with Crippen molar-refractivity contribution in [3.05, 3.63) is 59.4 Å². The molecule has 0 bridgehead atoms. The first-order chi connectivity index (χ1) is 9.10. The molecule has 3 heteroatoms. The summed E-state index contributed by atoms with van der Waals surface area (Å²) >= 11 is 0. The van der Waals surface area contributed by atoms with E-state index in [1.165, 1.54) is 23.3 Å². The van der Waals surface area contributed by atoms with Crippen molar-refractivity contribution in [2.24, 2.45) is 0 Å². The van der Waals surface area contributed by atoms with Gasteiger partial charge in [0.15, 0.2) is 11.6 Å². The lowest BCUT2D eigenvalue weighted by Gasteiger charge is -2.19. The van der Waals surface area contributed by atoms with Crippen LogP contribution in [-0.2, 0) is 0 Å². The molecule has 100 valence electrons. The zero-order chi connectivity index (χ0) is 13.8. The smallest absolute Gasteiger partial charge is 0.166 e. The van der Waals surface area contributed by atoms with Gasteiger partial charge < -0.3 is 10.4 Å². The molecule has 2 N–H and O–H groups in total. The highest BCUT2D eigenvalue weighted by atomic mass is 19.1. The second kappa shape index (κ2) is 5.74. The average Bonchev–Trinajstić information content (AvgIpc) is 2.41. The fourth-order valence-electron chi connectivity index (χ4n) is 2.02. The van der Waals surface area contributed by atoms with Gasteiger partial charge in [-0.15, -0.1) is 0 Å². The summed E-state index contributed by atoms with van der Waals surface area (Å²) in [5.41, 5.74) is 3.05. The maximum absolute atomic E-state index is 13.3. The Kier molecular flexibility index (Phi) is 4.05. The Morgan fingerprint density at radius 1 is 1.16 bits per heavy atom. The molecule has 1 unspecified atom stereocenters. The van der Waals surface area contributed by atoms with Crippen LogP contribution in [0.2, 0.25) is 0 Å². The van der Waals surface area contributed by atoms with Gasteiger partial charge in [0.1, 0.15) is 0 Å². The summed E-state index contributed by atoms with van der Waals surface area (Å²) in [5.74, 6) is -0.933. The Hall–Kier alpha value is -2.03. The normalized spacial score (nSPS) is 12.2. The van der Waals surface area contributed by atoms with E-state index in [2.05, 4.69) is 36.5 Å². The number of phenolic OH excluding ortho intramolecular Hbond substituents is 1. The van der Waals surface area contributed by atoms with Crippen LogP contribution in [0, 0.1) is 12.7 Å². The van der Waals surface area contributed by atoms with Crippen LogP contribution in [0.15, 0.2) is 42.5 Å². The molecule has 0 amide bonds. The van der Waals surface area contributed by atoms with Crippen molar-refractivity contribution in [3.63, 3.8) is 0 Å². The Labute approximate surface area is 112 Å². The molecule has 0 aliphatic carbocycles. The highest BCUT2D eigenvalue weighted by molar-refractivity contribution is 5.48. The molecule has 2 aromatic rings. The number of benzene rings is 2. The number of anilines is 1. The van der Waals surface area contributed by atoms with E-state index >= 15 is 0 Å². The topological polar surface area (TPSA) is 32.3 Å². The molecule has 0 saturated carbocycles. The van der Waals surface area contributed by atoms with Crippen LogP contribution in [0.25, 0.3) is 0 Å². The van der Waals surface area contributed by atoms with Gasteiger partial charge >= 0.3 is 0 Å². The van der Waals surface area contributed by atoms with E-state index in [-0.39, 0.29) is 11.8 Å². The molecule has 19 heavy (non-hydrogen) atoms. The minimum atomic E-state index is -0.608. The molecule has 0 aliphatic rings. The minimum Gasteiger partial charge on any atom is -0.505 e. The predicted molar refractivity (Wildman–Crippen MR) is 75.9 cm³/mol. The minimum absolute atomic E-state index is 0.129. The number of nitrogens with one attached hydrogen (secondary N) is 1. The maximum atomic E-state index is 13.3. The molecular weight excluding hydrogens is 241 g/mol. The first-order valence-corrected chi connectivity index (χ1v) is 6.41. The van der Waals surface area contributed by atoms with Crippen LogP contribution >= 0.6 is 0 Å². The van der Waals surface area contributed by atoms with Crippen LogP contribution in [-0.4, -0.2) is 5.11 Å². The third-order valence-corrected chi connectivity index (χ3v) is 3.18. The molecule has 0 aliphatic heterocycles. The molecule has 1 atom stereocenters. The molecule has 0 fully saturated rings. The van der Waals surface area contributed by atoms with Crippen LogP contribution in [0.3, 0.4) is 0 Å². The predicted octanol–water partition coefficient (Wildman–Crippen LogP) is 4.40. The average molecular weight is 259 g/mol. The summed E-state index contributed by atoms with van der Waals surface area (Å²) in [4.78, 5) is 0. The van der Waals surface area contributed by atoms with E-state index in [0.717, 1.165) is 6.42 Å². The van der Waals surface area contributed by atoms with E-state index in [4.69, 9.17) is 0 Å². The molecule has 0 spiro atoms. The Bertz CT molecular complexity index is 551. The highest BCUT2D eigenvalue weighted by Gasteiger charge is 2.10. The van der Waals surface area contributed by atoms with E-state index in [1.807, 2.05) is 6.92 Å². The summed E-state index contributed by atoms with van der Waals surface area (Å²) in [7, 11) is 0. The first kappa shape index (κ1) is 13.4. The van der Waals surface area contributed by atoms with Gasteiger partial charge in [-0.3, -0.25) is 0 Å². The molecule has 0 saturated heterocycles. The SMILES string of the molecule is CCC(Nc1ccc(O)c(F)c1)c1ccc(C)cc1. The largest absolute Gasteiger partial charge is 0.505 e. The zero-order valence-corrected chi connectivity index (χ0v) is 11.2. The third-order valence-electron chi connectivity index (χ3n) is 3.18. The zero-order valence-electron chi connectivity index (χ0n) is 11.2. The molecule has 0 aromatic heterocycles. The van der Waals surface area contributed by atoms with Crippen LogP contribution in [0.5, 0.6) is 5.75 Å². The number of aromatic hydroxyl groups is 1. The second-order valence-electron chi connectivity index (χ2n) is 4.68. The summed E-state index contributed by atoms with van der Waals surface area (Å²) in [6, 6.07) is 12.8. The van der Waals surface area contributed by atoms with Crippen molar-refractivity contribution >= 4 is 5.69 Å². The van der Waals surface area contributed by atoms with Gasteiger partial charge in [0.05, 0.1) is 6.04 Å². The number of hydrogen-bond acceptors (Lipinski definition) is 2. The van der Waals surface area contributed by atoms with Crippen molar-refractivity contribution in [2.75, 3.05) is 5.32 Å².